The van der Waals surface area contributed by atoms with E-state index in [2.05, 4.69) is 15.1 Å². The fourth-order valence-corrected chi connectivity index (χ4v) is 3.42. The zero-order chi connectivity index (χ0) is 27.6. The van der Waals surface area contributed by atoms with Crippen molar-refractivity contribution in [3.63, 3.8) is 0 Å². The summed E-state index contributed by atoms with van der Waals surface area (Å²) in [5, 5.41) is 20.7. The summed E-state index contributed by atoms with van der Waals surface area (Å²) in [6.07, 6.45) is 4.21. The van der Waals surface area contributed by atoms with E-state index in [-0.39, 0.29) is 44.4 Å². The van der Waals surface area contributed by atoms with Crippen LogP contribution in [0.3, 0.4) is 0 Å². The molecule has 1 saturated heterocycles. The Labute approximate surface area is 221 Å². The van der Waals surface area contributed by atoms with E-state index in [4.69, 9.17) is 44.7 Å². The summed E-state index contributed by atoms with van der Waals surface area (Å²) >= 11 is 0. The third-order valence-electron chi connectivity index (χ3n) is 5.64. The smallest absolute Gasteiger partial charge is 0.306 e. The molecule has 4 atom stereocenters. The molecule has 4 unspecified atom stereocenters. The molecule has 5 N–H and O–H groups in total. The van der Waals surface area contributed by atoms with Crippen molar-refractivity contribution in [2.24, 2.45) is 5.73 Å². The Balaban J connectivity index is 1.36. The van der Waals surface area contributed by atoms with Crippen LogP contribution in [0.4, 0.5) is 0 Å². The van der Waals surface area contributed by atoms with E-state index >= 15 is 0 Å². The van der Waals surface area contributed by atoms with E-state index in [0.29, 0.717) is 59.2 Å². The molecule has 0 radical (unpaired) electrons. The molecule has 14 heteroatoms. The van der Waals surface area contributed by atoms with E-state index in [1.807, 2.05) is 0 Å². The van der Waals surface area contributed by atoms with Gasteiger partial charge < -0.3 is 39.5 Å². The standard InChI is InChI=1S/C24H40N2O12/c1-24(38-30)16-18(2-3-20(24)37-29)6-7-26-21(27)4-5-22(28)34-14-12-32-10-8-31-9-11-33-13-15-35-23-19(17-25)36-23/h2-3,16,19-20,23,29-30H,4-15,17,25H2,1H3,(H,26,27). The van der Waals surface area contributed by atoms with Gasteiger partial charge in [0.2, 0.25) is 5.91 Å². The number of amides is 1. The summed E-state index contributed by atoms with van der Waals surface area (Å²) in [7, 11) is 0. The van der Waals surface area contributed by atoms with Crippen LogP contribution in [0.5, 0.6) is 0 Å². The van der Waals surface area contributed by atoms with E-state index in [1.165, 1.54) is 0 Å². The van der Waals surface area contributed by atoms with Crippen LogP contribution in [-0.2, 0) is 47.8 Å². The molecule has 2 aliphatic rings. The third kappa shape index (κ3) is 12.7. The molecular weight excluding hydrogens is 508 g/mol. The first-order chi connectivity index (χ1) is 18.4. The molecule has 0 aromatic rings. The third-order valence-corrected chi connectivity index (χ3v) is 5.64. The molecule has 14 nitrogen and oxygen atoms in total. The van der Waals surface area contributed by atoms with Crippen LogP contribution in [0.15, 0.2) is 23.8 Å². The molecule has 2 rings (SSSR count). The fourth-order valence-electron chi connectivity index (χ4n) is 3.42. The van der Waals surface area contributed by atoms with E-state index in [9.17, 15) is 9.59 Å². The molecular formula is C24H40N2O12. The second-order valence-electron chi connectivity index (χ2n) is 8.69. The monoisotopic (exact) mass is 548 g/mol. The minimum atomic E-state index is -1.24. The number of hydrogen-bond acceptors (Lipinski definition) is 13. The minimum Gasteiger partial charge on any atom is -0.463 e. The van der Waals surface area contributed by atoms with Crippen LogP contribution in [0.2, 0.25) is 0 Å². The molecule has 38 heavy (non-hydrogen) atoms. The van der Waals surface area contributed by atoms with Gasteiger partial charge in [-0.2, -0.15) is 0 Å². The Bertz CT molecular complexity index is 765. The second kappa shape index (κ2) is 18.3. The maximum atomic E-state index is 12.0. The van der Waals surface area contributed by atoms with Gasteiger partial charge in [0.15, 0.2) is 11.9 Å². The highest BCUT2D eigenvalue weighted by Gasteiger charge is 2.38. The molecule has 218 valence electrons. The predicted molar refractivity (Wildman–Crippen MR) is 131 cm³/mol. The number of esters is 1. The number of epoxide rings is 1. The summed E-state index contributed by atoms with van der Waals surface area (Å²) in [4.78, 5) is 32.4. The van der Waals surface area contributed by atoms with Gasteiger partial charge in [-0.15, -0.1) is 0 Å². The number of allylic oxidation sites excluding steroid dienone is 1. The van der Waals surface area contributed by atoms with Gasteiger partial charge in [-0.3, -0.25) is 20.1 Å². The number of nitrogens with one attached hydrogen (secondary N) is 1. The number of rotatable bonds is 22. The number of hydrogen-bond donors (Lipinski definition) is 4. The Morgan fingerprint density at radius 2 is 1.68 bits per heavy atom. The highest BCUT2D eigenvalue weighted by atomic mass is 17.1. The van der Waals surface area contributed by atoms with Crippen molar-refractivity contribution in [3.05, 3.63) is 23.8 Å². The number of carbonyl (C=O) groups is 2. The molecule has 0 aromatic heterocycles. The van der Waals surface area contributed by atoms with Gasteiger partial charge in [-0.05, 0) is 31.1 Å². The molecule has 1 aliphatic carbocycles. The minimum absolute atomic E-state index is 0.00289. The lowest BCUT2D eigenvalue weighted by Crippen LogP contribution is -2.41. The van der Waals surface area contributed by atoms with Crippen molar-refractivity contribution < 1.29 is 58.3 Å². The Morgan fingerprint density at radius 1 is 1.03 bits per heavy atom. The van der Waals surface area contributed by atoms with Gasteiger partial charge in [0.05, 0.1) is 52.7 Å². The average molecular weight is 549 g/mol. The van der Waals surface area contributed by atoms with Crippen molar-refractivity contribution >= 4 is 11.9 Å². The van der Waals surface area contributed by atoms with Crippen LogP contribution in [0, 0.1) is 0 Å². The van der Waals surface area contributed by atoms with Gasteiger partial charge in [-0.1, -0.05) is 6.08 Å². The molecule has 0 spiro atoms. The van der Waals surface area contributed by atoms with Gasteiger partial charge >= 0.3 is 5.97 Å². The Kier molecular flexibility index (Phi) is 15.6. The van der Waals surface area contributed by atoms with E-state index < -0.39 is 17.7 Å². The molecule has 0 saturated carbocycles. The first kappa shape index (κ1) is 32.2. The SMILES string of the molecule is CC1(OO)C=C(CCNC(=O)CCC(=O)OCCOCCOCCOCCOC2OC2CN)C=CC1OO. The lowest BCUT2D eigenvalue weighted by Gasteiger charge is -2.30. The van der Waals surface area contributed by atoms with Crippen LogP contribution in [0.1, 0.15) is 26.2 Å². The zero-order valence-corrected chi connectivity index (χ0v) is 21.7. The fraction of sp³-hybridized carbons (Fsp3) is 0.750. The van der Waals surface area contributed by atoms with Gasteiger partial charge in [0, 0.05) is 19.5 Å². The highest BCUT2D eigenvalue weighted by Crippen LogP contribution is 2.27. The van der Waals surface area contributed by atoms with Crippen molar-refractivity contribution in [3.8, 4) is 0 Å². The highest BCUT2D eigenvalue weighted by molar-refractivity contribution is 5.81. The average Bonchev–Trinajstić information content (AvgIpc) is 3.68. The first-order valence-electron chi connectivity index (χ1n) is 12.6. The van der Waals surface area contributed by atoms with Crippen molar-refractivity contribution in [2.45, 2.75) is 50.3 Å². The summed E-state index contributed by atoms with van der Waals surface area (Å²) < 4.78 is 31.6. The number of ether oxygens (including phenoxy) is 6. The largest absolute Gasteiger partial charge is 0.463 e. The number of nitrogens with two attached hydrogens (primary N) is 1. The maximum absolute atomic E-state index is 12.0. The van der Waals surface area contributed by atoms with Crippen molar-refractivity contribution in [1.29, 1.82) is 0 Å². The van der Waals surface area contributed by atoms with Crippen LogP contribution >= 0.6 is 0 Å². The lowest BCUT2D eigenvalue weighted by molar-refractivity contribution is -0.366. The van der Waals surface area contributed by atoms with Crippen molar-refractivity contribution in [1.82, 2.24) is 5.32 Å². The van der Waals surface area contributed by atoms with Crippen LogP contribution in [0.25, 0.3) is 0 Å². The molecule has 0 bridgehead atoms. The zero-order valence-electron chi connectivity index (χ0n) is 21.7. The molecule has 1 heterocycles. The summed E-state index contributed by atoms with van der Waals surface area (Å²) in [5.41, 5.74) is 4.96. The first-order valence-corrected chi connectivity index (χ1v) is 12.6. The summed E-state index contributed by atoms with van der Waals surface area (Å²) in [6.45, 7) is 5.12. The topological polar surface area (TPSA) is 190 Å². The van der Waals surface area contributed by atoms with Gasteiger partial charge in [0.1, 0.15) is 18.8 Å². The second-order valence-corrected chi connectivity index (χ2v) is 8.69. The summed E-state index contributed by atoms with van der Waals surface area (Å²) in [5.74, 6) is -0.779. The van der Waals surface area contributed by atoms with Crippen LogP contribution < -0.4 is 11.1 Å². The predicted octanol–water partition coefficient (Wildman–Crippen LogP) is 0.169. The quantitative estimate of drug-likeness (QED) is 0.0471. The molecule has 1 fully saturated rings. The number of carbonyl (C=O) groups excluding carboxylic acids is 2. The maximum Gasteiger partial charge on any atom is 0.306 e. The van der Waals surface area contributed by atoms with Crippen molar-refractivity contribution in [2.75, 3.05) is 65.9 Å². The van der Waals surface area contributed by atoms with Crippen LogP contribution in [-0.4, -0.2) is 112 Å². The normalized spacial score (nSPS) is 24.2. The summed E-state index contributed by atoms with van der Waals surface area (Å²) in [6, 6.07) is 0. The van der Waals surface area contributed by atoms with E-state index in [0.717, 1.165) is 5.57 Å². The Hall–Kier alpha value is -1.98. The molecule has 1 amide bonds. The molecule has 1 aliphatic heterocycles. The van der Waals surface area contributed by atoms with Gasteiger partial charge in [0.25, 0.3) is 0 Å². The van der Waals surface area contributed by atoms with Gasteiger partial charge in [-0.25, -0.2) is 9.78 Å². The molecule has 0 aromatic carbocycles. The Morgan fingerprint density at radius 3 is 2.29 bits per heavy atom. The van der Waals surface area contributed by atoms with E-state index in [1.54, 1.807) is 25.2 Å². The lowest BCUT2D eigenvalue weighted by atomic mass is 9.89.